The number of nitrogens with one attached hydrogen (secondary N) is 1. The first-order valence-electron chi connectivity index (χ1n) is 8.77. The number of fused-ring (bicyclic) bond motifs is 1. The number of aromatic nitrogens is 2. The topological polar surface area (TPSA) is 59.5 Å². The van der Waals surface area contributed by atoms with E-state index in [1.54, 1.807) is 14.2 Å². The highest BCUT2D eigenvalue weighted by Crippen LogP contribution is 2.34. The molecule has 1 aromatic carbocycles. The number of nitrogens with zero attached hydrogens (tertiary/aromatic N) is 3. The molecule has 1 aliphatic carbocycles. The number of hydrogen-bond acceptors (Lipinski definition) is 6. The Morgan fingerprint density at radius 1 is 1.04 bits per heavy atom. The summed E-state index contributed by atoms with van der Waals surface area (Å²) in [4.78, 5) is 11.6. The van der Waals surface area contributed by atoms with Gasteiger partial charge in [-0.1, -0.05) is 0 Å². The van der Waals surface area contributed by atoms with E-state index in [0.717, 1.165) is 48.5 Å². The number of methoxy groups -OCH3 is 2. The van der Waals surface area contributed by atoms with Crippen LogP contribution in [0.25, 0.3) is 0 Å². The van der Waals surface area contributed by atoms with E-state index in [2.05, 4.69) is 27.3 Å². The Morgan fingerprint density at radius 3 is 2.44 bits per heavy atom. The highest BCUT2D eigenvalue weighted by molar-refractivity contribution is 5.52. The number of ether oxygens (including phenoxy) is 2. The fourth-order valence-electron chi connectivity index (χ4n) is 3.26. The minimum Gasteiger partial charge on any atom is -0.493 e. The Kier molecular flexibility index (Phi) is 4.11. The van der Waals surface area contributed by atoms with Gasteiger partial charge in [0.15, 0.2) is 11.5 Å². The van der Waals surface area contributed by atoms with Crippen molar-refractivity contribution in [3.63, 3.8) is 0 Å². The lowest BCUT2D eigenvalue weighted by Gasteiger charge is -2.30. The number of aryl methyl sites for hydroxylation is 1. The first-order chi connectivity index (χ1) is 12.2. The van der Waals surface area contributed by atoms with Gasteiger partial charge in [-0.25, -0.2) is 4.98 Å². The first kappa shape index (κ1) is 16.0. The number of benzene rings is 1. The van der Waals surface area contributed by atoms with Crippen molar-refractivity contribution in [1.29, 1.82) is 0 Å². The second kappa shape index (κ2) is 6.43. The molecule has 6 heteroatoms. The van der Waals surface area contributed by atoms with Crippen molar-refractivity contribution in [1.82, 2.24) is 9.97 Å². The minimum absolute atomic E-state index is 0.584. The molecule has 0 unspecified atom stereocenters. The Bertz CT molecular complexity index is 789. The van der Waals surface area contributed by atoms with Gasteiger partial charge >= 0.3 is 0 Å². The monoisotopic (exact) mass is 340 g/mol. The van der Waals surface area contributed by atoms with E-state index in [1.807, 2.05) is 13.0 Å². The molecule has 1 saturated carbocycles. The molecule has 1 fully saturated rings. The zero-order valence-corrected chi connectivity index (χ0v) is 15.0. The smallest absolute Gasteiger partial charge is 0.227 e. The van der Waals surface area contributed by atoms with Crippen molar-refractivity contribution in [2.24, 2.45) is 0 Å². The van der Waals surface area contributed by atoms with Gasteiger partial charge < -0.3 is 19.7 Å². The van der Waals surface area contributed by atoms with E-state index in [0.29, 0.717) is 6.04 Å². The van der Waals surface area contributed by atoms with E-state index in [9.17, 15) is 0 Å². The van der Waals surface area contributed by atoms with Crippen LogP contribution in [0.15, 0.2) is 18.2 Å². The molecular formula is C19H24N4O2. The van der Waals surface area contributed by atoms with E-state index >= 15 is 0 Å². The Labute approximate surface area is 148 Å². The Hall–Kier alpha value is -2.50. The zero-order valence-electron chi connectivity index (χ0n) is 15.0. The quantitative estimate of drug-likeness (QED) is 0.903. The third-order valence-corrected chi connectivity index (χ3v) is 4.77. The summed E-state index contributed by atoms with van der Waals surface area (Å²) in [5.41, 5.74) is 3.54. The summed E-state index contributed by atoms with van der Waals surface area (Å²) in [6.45, 7) is 3.70. The maximum absolute atomic E-state index is 5.45. The van der Waals surface area contributed by atoms with E-state index in [1.165, 1.54) is 24.0 Å². The first-order valence-corrected chi connectivity index (χ1v) is 8.77. The zero-order chi connectivity index (χ0) is 17.4. The van der Waals surface area contributed by atoms with Gasteiger partial charge in [0.05, 0.1) is 14.2 Å². The molecule has 1 aromatic heterocycles. The number of anilines is 2. The van der Waals surface area contributed by atoms with E-state index in [4.69, 9.17) is 14.5 Å². The van der Waals surface area contributed by atoms with Crippen molar-refractivity contribution in [3.8, 4) is 11.5 Å². The van der Waals surface area contributed by atoms with Gasteiger partial charge in [0.2, 0.25) is 5.95 Å². The van der Waals surface area contributed by atoms with Crippen LogP contribution < -0.4 is 19.7 Å². The molecule has 0 saturated heterocycles. The van der Waals surface area contributed by atoms with Gasteiger partial charge in [-0.2, -0.15) is 4.98 Å². The van der Waals surface area contributed by atoms with Gasteiger partial charge in [0.1, 0.15) is 5.82 Å². The Balaban J connectivity index is 1.60. The minimum atomic E-state index is 0.584. The van der Waals surface area contributed by atoms with Crippen LogP contribution in [0.3, 0.4) is 0 Å². The van der Waals surface area contributed by atoms with Crippen molar-refractivity contribution in [2.45, 2.75) is 38.8 Å². The lowest BCUT2D eigenvalue weighted by Crippen LogP contribution is -2.32. The predicted octanol–water partition coefficient (Wildman–Crippen LogP) is 2.94. The van der Waals surface area contributed by atoms with Crippen LogP contribution in [-0.2, 0) is 13.0 Å². The summed E-state index contributed by atoms with van der Waals surface area (Å²) >= 11 is 0. The summed E-state index contributed by atoms with van der Waals surface area (Å²) < 4.78 is 10.9. The van der Waals surface area contributed by atoms with Gasteiger partial charge in [0, 0.05) is 30.9 Å². The van der Waals surface area contributed by atoms with Crippen LogP contribution >= 0.6 is 0 Å². The van der Waals surface area contributed by atoms with Gasteiger partial charge in [-0.15, -0.1) is 0 Å². The highest BCUT2D eigenvalue weighted by atomic mass is 16.5. The SMILES string of the molecule is COc1cc2c(cc1OC)CN(c1nc(C)cc(NC3CC3)n1)CC2. The molecule has 2 heterocycles. The third kappa shape index (κ3) is 3.34. The second-order valence-corrected chi connectivity index (χ2v) is 6.76. The van der Waals surface area contributed by atoms with E-state index < -0.39 is 0 Å². The van der Waals surface area contributed by atoms with Crippen LogP contribution in [0.5, 0.6) is 11.5 Å². The standard InChI is InChI=1S/C19H24N4O2/c1-12-8-18(21-15-4-5-15)22-19(20-12)23-7-6-13-9-16(24-2)17(25-3)10-14(13)11-23/h8-10,15H,4-7,11H2,1-3H3,(H,20,21,22). The molecule has 0 bridgehead atoms. The molecule has 2 aromatic rings. The highest BCUT2D eigenvalue weighted by Gasteiger charge is 2.24. The molecule has 2 aliphatic rings. The van der Waals surface area contributed by atoms with Crippen LogP contribution in [0, 0.1) is 6.92 Å². The summed E-state index contributed by atoms with van der Waals surface area (Å²) in [5.74, 6) is 3.29. The summed E-state index contributed by atoms with van der Waals surface area (Å²) in [5, 5.41) is 3.47. The molecule has 1 N–H and O–H groups in total. The van der Waals surface area contributed by atoms with Crippen molar-refractivity contribution in [3.05, 3.63) is 35.0 Å². The average molecular weight is 340 g/mol. The van der Waals surface area contributed by atoms with Crippen LogP contribution in [0.1, 0.15) is 29.7 Å². The Morgan fingerprint density at radius 2 is 1.76 bits per heavy atom. The molecular weight excluding hydrogens is 316 g/mol. The molecule has 25 heavy (non-hydrogen) atoms. The van der Waals surface area contributed by atoms with Crippen LogP contribution in [0.4, 0.5) is 11.8 Å². The molecule has 132 valence electrons. The predicted molar refractivity (Wildman–Crippen MR) is 97.7 cm³/mol. The maximum Gasteiger partial charge on any atom is 0.227 e. The molecule has 6 nitrogen and oxygen atoms in total. The maximum atomic E-state index is 5.45. The summed E-state index contributed by atoms with van der Waals surface area (Å²) in [6, 6.07) is 6.76. The van der Waals surface area contributed by atoms with Crippen LogP contribution in [0.2, 0.25) is 0 Å². The second-order valence-electron chi connectivity index (χ2n) is 6.76. The van der Waals surface area contributed by atoms with Crippen molar-refractivity contribution >= 4 is 11.8 Å². The van der Waals surface area contributed by atoms with Crippen molar-refractivity contribution in [2.75, 3.05) is 31.0 Å². The fourth-order valence-corrected chi connectivity index (χ4v) is 3.26. The molecule has 0 atom stereocenters. The lowest BCUT2D eigenvalue weighted by atomic mass is 9.99. The third-order valence-electron chi connectivity index (χ3n) is 4.77. The van der Waals surface area contributed by atoms with Gasteiger partial charge in [-0.3, -0.25) is 0 Å². The van der Waals surface area contributed by atoms with Gasteiger partial charge in [-0.05, 0) is 49.4 Å². The summed E-state index contributed by atoms with van der Waals surface area (Å²) in [6.07, 6.45) is 3.41. The number of hydrogen-bond donors (Lipinski definition) is 1. The summed E-state index contributed by atoms with van der Waals surface area (Å²) in [7, 11) is 3.35. The average Bonchev–Trinajstić information content (AvgIpc) is 3.43. The number of rotatable bonds is 5. The molecule has 0 radical (unpaired) electrons. The van der Waals surface area contributed by atoms with Gasteiger partial charge in [0.25, 0.3) is 0 Å². The largest absolute Gasteiger partial charge is 0.493 e. The lowest BCUT2D eigenvalue weighted by molar-refractivity contribution is 0.353. The molecule has 1 aliphatic heterocycles. The molecule has 4 rings (SSSR count). The molecule has 0 spiro atoms. The van der Waals surface area contributed by atoms with E-state index in [-0.39, 0.29) is 0 Å². The normalized spacial score (nSPS) is 16.4. The van der Waals surface area contributed by atoms with Crippen molar-refractivity contribution < 1.29 is 9.47 Å². The molecule has 0 amide bonds. The van der Waals surface area contributed by atoms with Crippen LogP contribution in [-0.4, -0.2) is 36.8 Å². The fraction of sp³-hybridized carbons (Fsp3) is 0.474.